The van der Waals surface area contributed by atoms with Crippen LogP contribution in [-0.2, 0) is 15.6 Å². The third kappa shape index (κ3) is 1.89. The van der Waals surface area contributed by atoms with Crippen molar-refractivity contribution in [2.75, 3.05) is 13.2 Å². The first-order chi connectivity index (χ1) is 7.33. The molecule has 0 unspecified atom stereocenters. The number of aryl methyl sites for hydroxylation is 1. The molecule has 1 saturated heterocycles. The van der Waals surface area contributed by atoms with Gasteiger partial charge in [-0.3, -0.25) is 0 Å². The van der Waals surface area contributed by atoms with Gasteiger partial charge in [-0.05, 0) is 29.0 Å². The lowest BCUT2D eigenvalue weighted by Gasteiger charge is -2.40. The van der Waals surface area contributed by atoms with Gasteiger partial charge >= 0.3 is 0 Å². The van der Waals surface area contributed by atoms with Crippen LogP contribution in [0.25, 0.3) is 0 Å². The van der Waals surface area contributed by atoms with Gasteiger partial charge in [0.1, 0.15) is 0 Å². The maximum absolute atomic E-state index is 5.37. The molecule has 0 saturated carbocycles. The molecule has 1 aliphatic rings. The minimum absolute atomic E-state index is 0.226. The van der Waals surface area contributed by atoms with Crippen molar-refractivity contribution in [1.29, 1.82) is 0 Å². The Kier molecular flexibility index (Phi) is 2.62. The van der Waals surface area contributed by atoms with E-state index in [1.54, 1.807) is 0 Å². The highest BCUT2D eigenvalue weighted by Crippen LogP contribution is 2.36. The molecule has 88 valence electrons. The molecule has 1 heterocycles. The highest BCUT2D eigenvalue weighted by atomic mass is 16.5. The van der Waals surface area contributed by atoms with E-state index in [2.05, 4.69) is 52.8 Å². The lowest BCUT2D eigenvalue weighted by molar-refractivity contribution is -0.0503. The van der Waals surface area contributed by atoms with Gasteiger partial charge in [-0.2, -0.15) is 0 Å². The Morgan fingerprint density at radius 1 is 1.19 bits per heavy atom. The fourth-order valence-corrected chi connectivity index (χ4v) is 2.30. The summed E-state index contributed by atoms with van der Waals surface area (Å²) in [5.74, 6) is 0. The molecule has 0 atom stereocenters. The summed E-state index contributed by atoms with van der Waals surface area (Å²) >= 11 is 0. The van der Waals surface area contributed by atoms with Gasteiger partial charge in [0.05, 0.1) is 13.2 Å². The summed E-state index contributed by atoms with van der Waals surface area (Å²) < 4.78 is 5.37. The van der Waals surface area contributed by atoms with E-state index >= 15 is 0 Å². The van der Waals surface area contributed by atoms with Gasteiger partial charge in [-0.25, -0.2) is 0 Å². The molecule has 0 aliphatic carbocycles. The monoisotopic (exact) mass is 218 g/mol. The van der Waals surface area contributed by atoms with Crippen LogP contribution in [0.2, 0.25) is 0 Å². The fourth-order valence-electron chi connectivity index (χ4n) is 2.30. The number of benzene rings is 1. The Morgan fingerprint density at radius 3 is 2.25 bits per heavy atom. The van der Waals surface area contributed by atoms with Gasteiger partial charge in [-0.1, -0.05) is 45.9 Å². The maximum atomic E-state index is 5.37. The van der Waals surface area contributed by atoms with Crippen LogP contribution < -0.4 is 0 Å². The molecule has 1 aromatic carbocycles. The first-order valence-corrected chi connectivity index (χ1v) is 6.02. The zero-order valence-electron chi connectivity index (χ0n) is 11.1. The normalized spacial score (nSPS) is 19.3. The van der Waals surface area contributed by atoms with E-state index in [0.29, 0.717) is 0 Å². The average molecular weight is 218 g/mol. The number of hydrogen-bond donors (Lipinski definition) is 0. The van der Waals surface area contributed by atoms with Crippen LogP contribution in [0.15, 0.2) is 18.2 Å². The van der Waals surface area contributed by atoms with E-state index in [-0.39, 0.29) is 10.8 Å². The standard InChI is InChI=1S/C15H22O/c1-11-6-7-12(14(2,3)4)8-13(11)15(5)9-16-10-15/h6-8H,9-10H2,1-5H3. The second kappa shape index (κ2) is 3.59. The summed E-state index contributed by atoms with van der Waals surface area (Å²) in [4.78, 5) is 0. The predicted molar refractivity (Wildman–Crippen MR) is 68.1 cm³/mol. The Hall–Kier alpha value is -0.820. The van der Waals surface area contributed by atoms with Crippen LogP contribution >= 0.6 is 0 Å². The van der Waals surface area contributed by atoms with Crippen molar-refractivity contribution in [2.24, 2.45) is 0 Å². The van der Waals surface area contributed by atoms with Gasteiger partial charge < -0.3 is 4.74 Å². The number of rotatable bonds is 1. The van der Waals surface area contributed by atoms with Crippen molar-refractivity contribution in [3.63, 3.8) is 0 Å². The topological polar surface area (TPSA) is 9.23 Å². The summed E-state index contributed by atoms with van der Waals surface area (Å²) in [6.45, 7) is 13.0. The van der Waals surface area contributed by atoms with Crippen molar-refractivity contribution in [1.82, 2.24) is 0 Å². The van der Waals surface area contributed by atoms with E-state index in [1.807, 2.05) is 0 Å². The van der Waals surface area contributed by atoms with Gasteiger partial charge in [0.2, 0.25) is 0 Å². The highest BCUT2D eigenvalue weighted by Gasteiger charge is 2.36. The zero-order valence-corrected chi connectivity index (χ0v) is 11.1. The van der Waals surface area contributed by atoms with E-state index < -0.39 is 0 Å². The minimum atomic E-state index is 0.226. The second-order valence-corrected chi connectivity index (χ2v) is 6.33. The lowest BCUT2D eigenvalue weighted by atomic mass is 9.75. The molecule has 0 spiro atoms. The smallest absolute Gasteiger partial charge is 0.0583 e. The predicted octanol–water partition coefficient (Wildman–Crippen LogP) is 3.58. The van der Waals surface area contributed by atoms with E-state index in [0.717, 1.165) is 13.2 Å². The molecule has 1 aliphatic heterocycles. The molecular formula is C15H22O. The molecule has 0 bridgehead atoms. The molecule has 0 amide bonds. The fraction of sp³-hybridized carbons (Fsp3) is 0.600. The summed E-state index contributed by atoms with van der Waals surface area (Å²) in [6.07, 6.45) is 0. The molecule has 1 aromatic rings. The first-order valence-electron chi connectivity index (χ1n) is 6.02. The Balaban J connectivity index is 2.45. The summed E-state index contributed by atoms with van der Waals surface area (Å²) in [5.41, 5.74) is 4.74. The van der Waals surface area contributed by atoms with Crippen LogP contribution in [0.4, 0.5) is 0 Å². The van der Waals surface area contributed by atoms with Gasteiger partial charge in [0.25, 0.3) is 0 Å². The minimum Gasteiger partial charge on any atom is -0.379 e. The summed E-state index contributed by atoms with van der Waals surface area (Å²) in [5, 5.41) is 0. The van der Waals surface area contributed by atoms with Gasteiger partial charge in [0.15, 0.2) is 0 Å². The molecule has 1 nitrogen and oxygen atoms in total. The van der Waals surface area contributed by atoms with E-state index in [1.165, 1.54) is 16.7 Å². The average Bonchev–Trinajstić information content (AvgIpc) is 2.13. The Bertz CT molecular complexity index is 394. The van der Waals surface area contributed by atoms with Crippen molar-refractivity contribution in [2.45, 2.75) is 45.4 Å². The third-order valence-electron chi connectivity index (χ3n) is 3.60. The van der Waals surface area contributed by atoms with Crippen molar-refractivity contribution < 1.29 is 4.74 Å². The first kappa shape index (κ1) is 11.7. The molecule has 0 radical (unpaired) electrons. The van der Waals surface area contributed by atoms with Crippen molar-refractivity contribution in [3.05, 3.63) is 34.9 Å². The Labute approximate surface area is 98.8 Å². The SMILES string of the molecule is Cc1ccc(C(C)(C)C)cc1C1(C)COC1. The maximum Gasteiger partial charge on any atom is 0.0583 e. The van der Waals surface area contributed by atoms with Crippen molar-refractivity contribution in [3.8, 4) is 0 Å². The lowest BCUT2D eigenvalue weighted by Crippen LogP contribution is -2.44. The van der Waals surface area contributed by atoms with E-state index in [4.69, 9.17) is 4.74 Å². The van der Waals surface area contributed by atoms with Crippen molar-refractivity contribution >= 4 is 0 Å². The largest absolute Gasteiger partial charge is 0.379 e. The van der Waals surface area contributed by atoms with Crippen LogP contribution in [0, 0.1) is 6.92 Å². The second-order valence-electron chi connectivity index (χ2n) is 6.33. The molecule has 1 heteroatoms. The molecule has 16 heavy (non-hydrogen) atoms. The third-order valence-corrected chi connectivity index (χ3v) is 3.60. The molecule has 1 fully saturated rings. The van der Waals surface area contributed by atoms with Crippen LogP contribution in [-0.4, -0.2) is 13.2 Å². The molecule has 0 N–H and O–H groups in total. The van der Waals surface area contributed by atoms with Gasteiger partial charge in [0, 0.05) is 5.41 Å². The number of hydrogen-bond acceptors (Lipinski definition) is 1. The zero-order chi connectivity index (χ0) is 12.0. The highest BCUT2D eigenvalue weighted by molar-refractivity contribution is 5.40. The molecule has 2 rings (SSSR count). The number of ether oxygens (including phenoxy) is 1. The van der Waals surface area contributed by atoms with Gasteiger partial charge in [-0.15, -0.1) is 0 Å². The van der Waals surface area contributed by atoms with E-state index in [9.17, 15) is 0 Å². The van der Waals surface area contributed by atoms with Crippen LogP contribution in [0.5, 0.6) is 0 Å². The molecular weight excluding hydrogens is 196 g/mol. The van der Waals surface area contributed by atoms with Crippen LogP contribution in [0.1, 0.15) is 44.4 Å². The Morgan fingerprint density at radius 2 is 1.81 bits per heavy atom. The summed E-state index contributed by atoms with van der Waals surface area (Å²) in [7, 11) is 0. The quantitative estimate of drug-likeness (QED) is 0.700. The summed E-state index contributed by atoms with van der Waals surface area (Å²) in [6, 6.07) is 6.87. The molecule has 0 aromatic heterocycles. The van der Waals surface area contributed by atoms with Crippen LogP contribution in [0.3, 0.4) is 0 Å².